The van der Waals surface area contributed by atoms with E-state index in [2.05, 4.69) is 14.9 Å². The highest BCUT2D eigenvalue weighted by atomic mass is 32.2. The lowest BCUT2D eigenvalue weighted by atomic mass is 9.93. The number of aryl methyl sites for hydroxylation is 1. The third-order valence-electron chi connectivity index (χ3n) is 2.91. The average molecular weight is 303 g/mol. The maximum atomic E-state index is 12.4. The largest absolute Gasteiger partial charge is 0.325 e. The Kier molecular flexibility index (Phi) is 5.31. The smallest absolute Gasteiger partial charge is 0.244 e. The summed E-state index contributed by atoms with van der Waals surface area (Å²) < 4.78 is 27.4. The molecule has 1 heterocycles. The SMILES string of the molecule is Cc1[nH]nc(CN)c1S(=O)(=O)NCC(C)(C)CN(C)C. The van der Waals surface area contributed by atoms with Crippen LogP contribution in [0.1, 0.15) is 25.2 Å². The number of nitrogens with zero attached hydrogens (tertiary/aromatic N) is 2. The van der Waals surface area contributed by atoms with Gasteiger partial charge >= 0.3 is 0 Å². The van der Waals surface area contributed by atoms with Gasteiger partial charge in [0, 0.05) is 19.6 Å². The molecule has 1 aromatic rings. The van der Waals surface area contributed by atoms with Crippen molar-refractivity contribution in [2.45, 2.75) is 32.2 Å². The van der Waals surface area contributed by atoms with E-state index in [1.807, 2.05) is 32.8 Å². The maximum Gasteiger partial charge on any atom is 0.244 e. The molecule has 0 aliphatic rings. The van der Waals surface area contributed by atoms with Crippen LogP contribution in [0.5, 0.6) is 0 Å². The lowest BCUT2D eigenvalue weighted by Gasteiger charge is -2.28. The summed E-state index contributed by atoms with van der Waals surface area (Å²) in [5.74, 6) is 0. The molecule has 0 radical (unpaired) electrons. The first-order valence-electron chi connectivity index (χ1n) is 6.47. The third kappa shape index (κ3) is 4.27. The summed E-state index contributed by atoms with van der Waals surface area (Å²) in [6, 6.07) is 0. The van der Waals surface area contributed by atoms with Gasteiger partial charge in [0.2, 0.25) is 10.0 Å². The van der Waals surface area contributed by atoms with E-state index < -0.39 is 10.0 Å². The minimum atomic E-state index is -3.60. The Labute approximate surface area is 121 Å². The molecule has 1 aromatic heterocycles. The molecule has 0 fully saturated rings. The van der Waals surface area contributed by atoms with E-state index in [9.17, 15) is 8.42 Å². The highest BCUT2D eigenvalue weighted by Crippen LogP contribution is 2.19. The Morgan fingerprint density at radius 2 is 2.00 bits per heavy atom. The summed E-state index contributed by atoms with van der Waals surface area (Å²) in [6.45, 7) is 6.92. The minimum absolute atomic E-state index is 0.0850. The molecule has 0 saturated heterocycles. The van der Waals surface area contributed by atoms with Crippen molar-refractivity contribution in [1.82, 2.24) is 19.8 Å². The highest BCUT2D eigenvalue weighted by Gasteiger charge is 2.27. The molecule has 0 bridgehead atoms. The van der Waals surface area contributed by atoms with Gasteiger partial charge in [-0.05, 0) is 26.4 Å². The molecule has 116 valence electrons. The second-order valence-corrected chi connectivity index (χ2v) is 7.76. The van der Waals surface area contributed by atoms with Crippen molar-refractivity contribution in [3.63, 3.8) is 0 Å². The van der Waals surface area contributed by atoms with Crippen LogP contribution in [0.4, 0.5) is 0 Å². The van der Waals surface area contributed by atoms with Crippen molar-refractivity contribution < 1.29 is 8.42 Å². The van der Waals surface area contributed by atoms with Crippen molar-refractivity contribution in [1.29, 1.82) is 0 Å². The Morgan fingerprint density at radius 3 is 2.50 bits per heavy atom. The summed E-state index contributed by atoms with van der Waals surface area (Å²) in [6.07, 6.45) is 0. The van der Waals surface area contributed by atoms with Gasteiger partial charge in [-0.2, -0.15) is 5.10 Å². The minimum Gasteiger partial charge on any atom is -0.325 e. The number of rotatable bonds is 7. The quantitative estimate of drug-likeness (QED) is 0.660. The molecule has 0 aromatic carbocycles. The fourth-order valence-electron chi connectivity index (χ4n) is 2.24. The molecule has 4 N–H and O–H groups in total. The zero-order valence-corrected chi connectivity index (χ0v) is 13.6. The first-order chi connectivity index (χ1) is 9.09. The van der Waals surface area contributed by atoms with Gasteiger partial charge in [-0.15, -0.1) is 0 Å². The third-order valence-corrected chi connectivity index (χ3v) is 4.51. The van der Waals surface area contributed by atoms with Crippen molar-refractivity contribution in [3.05, 3.63) is 11.4 Å². The normalized spacial score (nSPS) is 13.2. The van der Waals surface area contributed by atoms with Crippen molar-refractivity contribution in [2.75, 3.05) is 27.2 Å². The predicted molar refractivity (Wildman–Crippen MR) is 78.7 cm³/mol. The Bertz CT molecular complexity index is 548. The van der Waals surface area contributed by atoms with Crippen molar-refractivity contribution in [2.24, 2.45) is 11.1 Å². The molecule has 20 heavy (non-hydrogen) atoms. The van der Waals surface area contributed by atoms with Crippen LogP contribution in [0.15, 0.2) is 4.90 Å². The summed E-state index contributed by atoms with van der Waals surface area (Å²) in [5, 5.41) is 6.58. The van der Waals surface area contributed by atoms with E-state index in [1.54, 1.807) is 6.92 Å². The predicted octanol–water partition coefficient (Wildman–Crippen LogP) is 0.0429. The summed E-state index contributed by atoms with van der Waals surface area (Å²) in [4.78, 5) is 2.20. The summed E-state index contributed by atoms with van der Waals surface area (Å²) >= 11 is 0. The first kappa shape index (κ1) is 17.1. The van der Waals surface area contributed by atoms with E-state index in [0.29, 0.717) is 17.9 Å². The lowest BCUT2D eigenvalue weighted by Crippen LogP contribution is -2.40. The highest BCUT2D eigenvalue weighted by molar-refractivity contribution is 7.89. The van der Waals surface area contributed by atoms with Crippen molar-refractivity contribution in [3.8, 4) is 0 Å². The van der Waals surface area contributed by atoms with E-state index in [-0.39, 0.29) is 16.9 Å². The topological polar surface area (TPSA) is 104 Å². The maximum absolute atomic E-state index is 12.4. The standard InChI is InChI=1S/C12H25N5O2S/c1-9-11(10(6-13)16-15-9)20(18,19)14-7-12(2,3)8-17(4)5/h14H,6-8,13H2,1-5H3,(H,15,16). The number of aromatic nitrogens is 2. The van der Waals surface area contributed by atoms with Crippen molar-refractivity contribution >= 4 is 10.0 Å². The zero-order valence-electron chi connectivity index (χ0n) is 12.8. The van der Waals surface area contributed by atoms with Crippen LogP contribution >= 0.6 is 0 Å². The van der Waals surface area contributed by atoms with Crippen LogP contribution in [0.25, 0.3) is 0 Å². The van der Waals surface area contributed by atoms with Gasteiger partial charge in [0.15, 0.2) is 0 Å². The molecule has 0 unspecified atom stereocenters. The molecule has 7 nitrogen and oxygen atoms in total. The fourth-order valence-corrected chi connectivity index (χ4v) is 3.85. The molecule has 0 spiro atoms. The molecule has 0 atom stereocenters. The van der Waals surface area contributed by atoms with Crippen LogP contribution in [0, 0.1) is 12.3 Å². The van der Waals surface area contributed by atoms with E-state index in [0.717, 1.165) is 6.54 Å². The summed E-state index contributed by atoms with van der Waals surface area (Å²) in [7, 11) is 0.321. The van der Waals surface area contributed by atoms with Gasteiger partial charge in [0.05, 0.1) is 11.4 Å². The van der Waals surface area contributed by atoms with Crippen LogP contribution in [-0.2, 0) is 16.6 Å². The van der Waals surface area contributed by atoms with Crippen LogP contribution in [0.2, 0.25) is 0 Å². The van der Waals surface area contributed by atoms with E-state index in [4.69, 9.17) is 5.73 Å². The van der Waals surface area contributed by atoms with Gasteiger partial charge in [-0.1, -0.05) is 13.8 Å². The van der Waals surface area contributed by atoms with Gasteiger partial charge in [0.1, 0.15) is 4.90 Å². The molecule has 0 amide bonds. The molecule has 0 aliphatic heterocycles. The molecule has 0 aliphatic carbocycles. The van der Waals surface area contributed by atoms with E-state index >= 15 is 0 Å². The van der Waals surface area contributed by atoms with Gasteiger partial charge in [-0.3, -0.25) is 5.10 Å². The Morgan fingerprint density at radius 1 is 1.40 bits per heavy atom. The zero-order chi connectivity index (χ0) is 15.6. The Balaban J connectivity index is 2.88. The lowest BCUT2D eigenvalue weighted by molar-refractivity contribution is 0.242. The molecular weight excluding hydrogens is 278 g/mol. The fraction of sp³-hybridized carbons (Fsp3) is 0.750. The van der Waals surface area contributed by atoms with Gasteiger partial charge < -0.3 is 10.6 Å². The second-order valence-electron chi connectivity index (χ2n) is 6.06. The number of nitrogens with one attached hydrogen (secondary N) is 2. The van der Waals surface area contributed by atoms with Gasteiger partial charge in [0.25, 0.3) is 0 Å². The number of nitrogens with two attached hydrogens (primary N) is 1. The average Bonchev–Trinajstić information content (AvgIpc) is 2.67. The second kappa shape index (κ2) is 6.21. The Hall–Kier alpha value is -0.960. The van der Waals surface area contributed by atoms with Crippen LogP contribution in [0.3, 0.4) is 0 Å². The number of H-pyrrole nitrogens is 1. The number of hydrogen-bond acceptors (Lipinski definition) is 5. The monoisotopic (exact) mass is 303 g/mol. The number of sulfonamides is 1. The van der Waals surface area contributed by atoms with Gasteiger partial charge in [-0.25, -0.2) is 13.1 Å². The first-order valence-corrected chi connectivity index (χ1v) is 7.96. The number of aromatic amines is 1. The van der Waals surface area contributed by atoms with E-state index in [1.165, 1.54) is 0 Å². The number of hydrogen-bond donors (Lipinski definition) is 3. The van der Waals surface area contributed by atoms with Crippen LogP contribution < -0.4 is 10.5 Å². The van der Waals surface area contributed by atoms with Crippen LogP contribution in [-0.4, -0.2) is 50.7 Å². The molecule has 0 saturated carbocycles. The molecule has 8 heteroatoms. The molecule has 1 rings (SSSR count). The summed E-state index contributed by atoms with van der Waals surface area (Å²) in [5.41, 5.74) is 6.22. The molecular formula is C12H25N5O2S.